The lowest BCUT2D eigenvalue weighted by atomic mass is 10.2. The van der Waals surface area contributed by atoms with Crippen molar-refractivity contribution in [2.45, 2.75) is 13.3 Å². The summed E-state index contributed by atoms with van der Waals surface area (Å²) in [7, 11) is 0. The molecule has 0 aliphatic carbocycles. The lowest BCUT2D eigenvalue weighted by Crippen LogP contribution is -2.15. The van der Waals surface area contributed by atoms with Gasteiger partial charge in [0.25, 0.3) is 0 Å². The van der Waals surface area contributed by atoms with Crippen LogP contribution in [0, 0.1) is 0 Å². The van der Waals surface area contributed by atoms with Crippen molar-refractivity contribution in [1.29, 1.82) is 0 Å². The minimum Gasteiger partial charge on any atom is -0.497 e. The number of hydrogen-bond acceptors (Lipinski definition) is 4. The molecule has 0 fully saturated rings. The Hall–Kier alpha value is -1.32. The highest BCUT2D eigenvalue weighted by atomic mass is 16.6. The summed E-state index contributed by atoms with van der Waals surface area (Å²) in [4.78, 5) is 21.3. The fraction of sp³-hybridized carbons (Fsp3) is 0.429. The van der Waals surface area contributed by atoms with E-state index < -0.39 is 5.97 Å². The highest BCUT2D eigenvalue weighted by Crippen LogP contribution is 2.08. The van der Waals surface area contributed by atoms with E-state index >= 15 is 0 Å². The molecule has 0 saturated heterocycles. The number of hydrogen-bond donors (Lipinski definition) is 0. The van der Waals surface area contributed by atoms with Gasteiger partial charge in [0.15, 0.2) is 0 Å². The number of esters is 1. The molecule has 60 valence electrons. The Labute approximate surface area is 63.8 Å². The molecule has 0 spiro atoms. The summed E-state index contributed by atoms with van der Waals surface area (Å²) in [5, 5.41) is 0. The lowest BCUT2D eigenvalue weighted by Gasteiger charge is -2.10. The first-order chi connectivity index (χ1) is 5.20. The molecule has 1 heterocycles. The second-order valence-corrected chi connectivity index (χ2v) is 2.12. The summed E-state index contributed by atoms with van der Waals surface area (Å²) in [6, 6.07) is 0. The molecule has 0 saturated carbocycles. The first-order valence-electron chi connectivity index (χ1n) is 3.23. The van der Waals surface area contributed by atoms with Gasteiger partial charge in [-0.1, -0.05) is 0 Å². The molecule has 0 aromatic heterocycles. The Bertz CT molecular complexity index is 216. The topological polar surface area (TPSA) is 52.6 Å². The van der Waals surface area contributed by atoms with Crippen molar-refractivity contribution in [2.24, 2.45) is 0 Å². The van der Waals surface area contributed by atoms with Crippen LogP contribution in [-0.4, -0.2) is 18.4 Å². The van der Waals surface area contributed by atoms with Crippen LogP contribution in [0.4, 0.5) is 0 Å². The van der Waals surface area contributed by atoms with Crippen LogP contribution in [0.3, 0.4) is 0 Å². The Morgan fingerprint density at radius 3 is 3.00 bits per heavy atom. The Kier molecular flexibility index (Phi) is 2.25. The maximum atomic E-state index is 10.9. The van der Waals surface area contributed by atoms with E-state index in [1.54, 1.807) is 0 Å². The molecule has 4 nitrogen and oxygen atoms in total. The maximum Gasteiger partial charge on any atom is 0.308 e. The van der Waals surface area contributed by atoms with Gasteiger partial charge < -0.3 is 9.47 Å². The molecule has 0 bridgehead atoms. The highest BCUT2D eigenvalue weighted by Gasteiger charge is 2.17. The zero-order valence-electron chi connectivity index (χ0n) is 6.12. The van der Waals surface area contributed by atoms with Crippen LogP contribution in [0.2, 0.25) is 0 Å². The number of carbonyl (C=O) groups excluding carboxylic acids is 2. The van der Waals surface area contributed by atoms with Crippen LogP contribution in [0.5, 0.6) is 0 Å². The van der Waals surface area contributed by atoms with Gasteiger partial charge >= 0.3 is 5.97 Å². The molecule has 0 aromatic rings. The van der Waals surface area contributed by atoms with Crippen LogP contribution >= 0.6 is 0 Å². The minimum atomic E-state index is -0.505. The highest BCUT2D eigenvalue weighted by molar-refractivity contribution is 5.95. The number of carbonyl (C=O) groups is 2. The second kappa shape index (κ2) is 3.18. The molecule has 0 unspecified atom stereocenters. The first kappa shape index (κ1) is 7.78. The zero-order chi connectivity index (χ0) is 8.27. The van der Waals surface area contributed by atoms with Crippen molar-refractivity contribution >= 4 is 11.8 Å². The second-order valence-electron chi connectivity index (χ2n) is 2.12. The predicted molar refractivity (Wildman–Crippen MR) is 35.4 cm³/mol. The molecular formula is C7H8O4. The van der Waals surface area contributed by atoms with Crippen molar-refractivity contribution in [3.63, 3.8) is 0 Å². The van der Waals surface area contributed by atoms with E-state index in [1.165, 1.54) is 13.2 Å². The monoisotopic (exact) mass is 156 g/mol. The lowest BCUT2D eigenvalue weighted by molar-refractivity contribution is -0.141. The summed E-state index contributed by atoms with van der Waals surface area (Å²) >= 11 is 0. The van der Waals surface area contributed by atoms with Gasteiger partial charge in [0.1, 0.15) is 6.26 Å². The van der Waals surface area contributed by atoms with E-state index in [1.807, 2.05) is 0 Å². The summed E-state index contributed by atoms with van der Waals surface area (Å²) in [5.74, 6) is -0.690. The van der Waals surface area contributed by atoms with E-state index in [0.29, 0.717) is 6.61 Å². The number of Topliss-reactive ketones (excluding diaryl/α,β-unsaturated/α-hetero) is 1. The van der Waals surface area contributed by atoms with E-state index in [-0.39, 0.29) is 18.0 Å². The van der Waals surface area contributed by atoms with Crippen LogP contribution in [0.15, 0.2) is 12.0 Å². The molecule has 1 rings (SSSR count). The minimum absolute atomic E-state index is 0.00347. The Morgan fingerprint density at radius 2 is 2.45 bits per heavy atom. The largest absolute Gasteiger partial charge is 0.497 e. The third-order valence-corrected chi connectivity index (χ3v) is 1.17. The van der Waals surface area contributed by atoms with Crippen molar-refractivity contribution in [1.82, 2.24) is 0 Å². The molecule has 4 heteroatoms. The van der Waals surface area contributed by atoms with Crippen LogP contribution in [0.1, 0.15) is 13.3 Å². The standard InChI is InChI=1S/C7H8O4/c1-5(8)11-7-4-10-3-2-6(7)9/h4H,2-3H2,1H3. The van der Waals surface area contributed by atoms with Gasteiger partial charge in [0.2, 0.25) is 11.5 Å². The SMILES string of the molecule is CC(=O)OC1=COCCC1=O. The average molecular weight is 156 g/mol. The molecule has 0 atom stereocenters. The Morgan fingerprint density at radius 1 is 1.73 bits per heavy atom. The zero-order valence-corrected chi connectivity index (χ0v) is 6.12. The maximum absolute atomic E-state index is 10.9. The average Bonchev–Trinajstić information content (AvgIpc) is 1.93. The van der Waals surface area contributed by atoms with Crippen molar-refractivity contribution in [3.8, 4) is 0 Å². The van der Waals surface area contributed by atoms with Crippen LogP contribution < -0.4 is 0 Å². The number of ketones is 1. The quantitative estimate of drug-likeness (QED) is 0.515. The van der Waals surface area contributed by atoms with Crippen molar-refractivity contribution < 1.29 is 19.1 Å². The number of rotatable bonds is 1. The fourth-order valence-electron chi connectivity index (χ4n) is 0.711. The fourth-order valence-corrected chi connectivity index (χ4v) is 0.711. The smallest absolute Gasteiger partial charge is 0.308 e. The molecular weight excluding hydrogens is 148 g/mol. The number of allylic oxidation sites excluding steroid dienone is 1. The molecule has 0 radical (unpaired) electrons. The van der Waals surface area contributed by atoms with Gasteiger partial charge in [-0.3, -0.25) is 9.59 Å². The van der Waals surface area contributed by atoms with Crippen molar-refractivity contribution in [2.75, 3.05) is 6.61 Å². The van der Waals surface area contributed by atoms with Crippen molar-refractivity contribution in [3.05, 3.63) is 12.0 Å². The molecule has 0 amide bonds. The van der Waals surface area contributed by atoms with Crippen LogP contribution in [-0.2, 0) is 19.1 Å². The van der Waals surface area contributed by atoms with Gasteiger partial charge in [-0.2, -0.15) is 0 Å². The van der Waals surface area contributed by atoms with Gasteiger partial charge in [0.05, 0.1) is 6.61 Å². The van der Waals surface area contributed by atoms with Crippen LogP contribution in [0.25, 0.3) is 0 Å². The molecule has 1 aliphatic heterocycles. The van der Waals surface area contributed by atoms with Gasteiger partial charge in [-0.15, -0.1) is 0 Å². The molecule has 11 heavy (non-hydrogen) atoms. The van der Waals surface area contributed by atoms with E-state index in [9.17, 15) is 9.59 Å². The molecule has 0 N–H and O–H groups in total. The molecule has 0 aromatic carbocycles. The summed E-state index contributed by atoms with van der Waals surface area (Å²) < 4.78 is 9.34. The third kappa shape index (κ3) is 2.07. The number of ether oxygens (including phenoxy) is 2. The molecule has 1 aliphatic rings. The van der Waals surface area contributed by atoms with Gasteiger partial charge in [-0.25, -0.2) is 0 Å². The van der Waals surface area contributed by atoms with E-state index in [4.69, 9.17) is 4.74 Å². The predicted octanol–water partition coefficient (Wildman–Crippen LogP) is 0.380. The summed E-state index contributed by atoms with van der Waals surface area (Å²) in [6.45, 7) is 1.60. The Balaban J connectivity index is 2.61. The summed E-state index contributed by atoms with van der Waals surface area (Å²) in [6.07, 6.45) is 1.45. The summed E-state index contributed by atoms with van der Waals surface area (Å²) in [5.41, 5.74) is 0. The van der Waals surface area contributed by atoms with Gasteiger partial charge in [0, 0.05) is 13.3 Å². The normalized spacial score (nSPS) is 16.8. The third-order valence-electron chi connectivity index (χ3n) is 1.17. The van der Waals surface area contributed by atoms with E-state index in [2.05, 4.69) is 4.74 Å². The first-order valence-corrected chi connectivity index (χ1v) is 3.23. The van der Waals surface area contributed by atoms with E-state index in [0.717, 1.165) is 0 Å². The van der Waals surface area contributed by atoms with Gasteiger partial charge in [-0.05, 0) is 0 Å².